The number of nitro groups is 1. The third-order valence-electron chi connectivity index (χ3n) is 4.43. The summed E-state index contributed by atoms with van der Waals surface area (Å²) in [5.41, 5.74) is 3.08. The van der Waals surface area contributed by atoms with E-state index < -0.39 is 4.92 Å². The lowest BCUT2D eigenvalue weighted by Crippen LogP contribution is -2.37. The van der Waals surface area contributed by atoms with Crippen molar-refractivity contribution in [2.45, 2.75) is 0 Å². The van der Waals surface area contributed by atoms with E-state index in [2.05, 4.69) is 25.5 Å². The Morgan fingerprint density at radius 1 is 1.19 bits per heavy atom. The summed E-state index contributed by atoms with van der Waals surface area (Å²) in [6.07, 6.45) is 1.42. The lowest BCUT2D eigenvalue weighted by molar-refractivity contribution is -0.384. The van der Waals surface area contributed by atoms with Crippen LogP contribution in [0.4, 0.5) is 17.6 Å². The number of anilines is 2. The highest BCUT2D eigenvalue weighted by Crippen LogP contribution is 2.30. The van der Waals surface area contributed by atoms with Gasteiger partial charge in [0.05, 0.1) is 37.0 Å². The molecule has 31 heavy (non-hydrogen) atoms. The van der Waals surface area contributed by atoms with Crippen LogP contribution in [0.15, 0.2) is 45.9 Å². The number of methoxy groups -OCH3 is 1. The van der Waals surface area contributed by atoms with Gasteiger partial charge in [0.2, 0.25) is 5.95 Å². The van der Waals surface area contributed by atoms with Crippen molar-refractivity contribution in [2.75, 3.05) is 43.7 Å². The van der Waals surface area contributed by atoms with Crippen LogP contribution in [0.2, 0.25) is 0 Å². The molecule has 2 aromatic heterocycles. The van der Waals surface area contributed by atoms with Gasteiger partial charge in [0.25, 0.3) is 11.6 Å². The Morgan fingerprint density at radius 3 is 2.77 bits per heavy atom. The molecule has 3 heterocycles. The molecule has 1 aromatic carbocycles. The van der Waals surface area contributed by atoms with Crippen molar-refractivity contribution in [3.8, 4) is 17.3 Å². The van der Waals surface area contributed by atoms with E-state index >= 15 is 0 Å². The Hall–Kier alpha value is -4.06. The molecule has 0 unspecified atom stereocenters. The molecule has 1 fully saturated rings. The number of nitrogens with zero attached hydrogens (tertiary/aromatic N) is 6. The standard InChI is InChI=1S/C19H19N7O5/c1-29-19-22-17(21-18(23-19)25-8-10-30-11-9-25)24-20-12-13-6-7-16(31-13)14-4-2-3-5-15(14)26(27)28/h2-7,12H,8-11H2,1H3,(H,21,22,23,24). The molecular weight excluding hydrogens is 406 g/mol. The molecule has 0 bridgehead atoms. The Balaban J connectivity index is 1.49. The number of hydrazone groups is 1. The van der Waals surface area contributed by atoms with Crippen molar-refractivity contribution in [1.29, 1.82) is 0 Å². The number of hydrogen-bond acceptors (Lipinski definition) is 11. The van der Waals surface area contributed by atoms with Gasteiger partial charge in [-0.2, -0.15) is 20.1 Å². The Labute approximate surface area is 176 Å². The summed E-state index contributed by atoms with van der Waals surface area (Å²) in [7, 11) is 1.47. The molecule has 0 aliphatic carbocycles. The average Bonchev–Trinajstić information content (AvgIpc) is 3.28. The number of nitrogens with one attached hydrogen (secondary N) is 1. The first kappa shape index (κ1) is 20.2. The van der Waals surface area contributed by atoms with Crippen molar-refractivity contribution in [3.05, 3.63) is 52.3 Å². The number of morpholine rings is 1. The van der Waals surface area contributed by atoms with Gasteiger partial charge in [0, 0.05) is 19.2 Å². The summed E-state index contributed by atoms with van der Waals surface area (Å²) in [5.74, 6) is 1.43. The molecule has 0 atom stereocenters. The van der Waals surface area contributed by atoms with Gasteiger partial charge < -0.3 is 18.8 Å². The first-order chi connectivity index (χ1) is 15.1. The summed E-state index contributed by atoms with van der Waals surface area (Å²) < 4.78 is 16.2. The minimum absolute atomic E-state index is 0.0358. The van der Waals surface area contributed by atoms with Crippen LogP contribution >= 0.6 is 0 Å². The molecule has 1 aliphatic rings. The maximum Gasteiger partial charge on any atom is 0.322 e. The summed E-state index contributed by atoms with van der Waals surface area (Å²) in [4.78, 5) is 25.5. The lowest BCUT2D eigenvalue weighted by atomic mass is 10.1. The fourth-order valence-electron chi connectivity index (χ4n) is 2.95. The molecule has 1 aliphatic heterocycles. The molecule has 0 amide bonds. The highest BCUT2D eigenvalue weighted by Gasteiger charge is 2.18. The van der Waals surface area contributed by atoms with Crippen molar-refractivity contribution < 1.29 is 18.8 Å². The van der Waals surface area contributed by atoms with Crippen molar-refractivity contribution in [1.82, 2.24) is 15.0 Å². The van der Waals surface area contributed by atoms with Gasteiger partial charge in [-0.15, -0.1) is 0 Å². The molecule has 1 saturated heterocycles. The minimum atomic E-state index is -0.451. The van der Waals surface area contributed by atoms with Gasteiger partial charge in [-0.1, -0.05) is 12.1 Å². The molecule has 12 heteroatoms. The highest BCUT2D eigenvalue weighted by molar-refractivity contribution is 5.79. The molecule has 4 rings (SSSR count). The van der Waals surface area contributed by atoms with E-state index in [1.165, 1.54) is 19.4 Å². The van der Waals surface area contributed by atoms with Crippen LogP contribution in [-0.2, 0) is 4.74 Å². The third kappa shape index (κ3) is 4.75. The second-order valence-electron chi connectivity index (χ2n) is 6.39. The summed E-state index contributed by atoms with van der Waals surface area (Å²) >= 11 is 0. The van der Waals surface area contributed by atoms with Crippen LogP contribution in [0.25, 0.3) is 11.3 Å². The lowest BCUT2D eigenvalue weighted by Gasteiger charge is -2.26. The van der Waals surface area contributed by atoms with Gasteiger partial charge in [0.1, 0.15) is 11.5 Å². The smallest absolute Gasteiger partial charge is 0.322 e. The zero-order valence-corrected chi connectivity index (χ0v) is 16.6. The molecule has 0 saturated carbocycles. The van der Waals surface area contributed by atoms with Crippen molar-refractivity contribution >= 4 is 23.8 Å². The predicted octanol–water partition coefficient (Wildman–Crippen LogP) is 2.33. The fourth-order valence-corrected chi connectivity index (χ4v) is 2.95. The maximum atomic E-state index is 11.2. The molecule has 160 valence electrons. The summed E-state index contributed by atoms with van der Waals surface area (Å²) in [5, 5.41) is 15.3. The zero-order chi connectivity index (χ0) is 21.6. The monoisotopic (exact) mass is 425 g/mol. The minimum Gasteiger partial charge on any atom is -0.467 e. The topological polar surface area (TPSA) is 141 Å². The molecule has 12 nitrogen and oxygen atoms in total. The number of furan rings is 1. The molecule has 0 radical (unpaired) electrons. The van der Waals surface area contributed by atoms with Crippen LogP contribution < -0.4 is 15.1 Å². The van der Waals surface area contributed by atoms with E-state index in [0.717, 1.165) is 0 Å². The van der Waals surface area contributed by atoms with E-state index in [0.29, 0.717) is 49.3 Å². The van der Waals surface area contributed by atoms with Gasteiger partial charge in [-0.25, -0.2) is 5.43 Å². The average molecular weight is 425 g/mol. The maximum absolute atomic E-state index is 11.2. The summed E-state index contributed by atoms with van der Waals surface area (Å²) in [6.45, 7) is 2.51. The zero-order valence-electron chi connectivity index (χ0n) is 16.6. The second kappa shape index (κ2) is 9.17. The van der Waals surface area contributed by atoms with Gasteiger partial charge in [0.15, 0.2) is 0 Å². The molecule has 0 spiro atoms. The molecule has 3 aromatic rings. The Bertz CT molecular complexity index is 1090. The third-order valence-corrected chi connectivity index (χ3v) is 4.43. The Morgan fingerprint density at radius 2 is 2.00 bits per heavy atom. The van der Waals surface area contributed by atoms with Gasteiger partial charge >= 0.3 is 6.01 Å². The van der Waals surface area contributed by atoms with Crippen LogP contribution in [0.3, 0.4) is 0 Å². The van der Waals surface area contributed by atoms with Crippen LogP contribution in [0.5, 0.6) is 6.01 Å². The number of hydrogen-bond donors (Lipinski definition) is 1. The number of rotatable bonds is 7. The van der Waals surface area contributed by atoms with Crippen molar-refractivity contribution in [2.24, 2.45) is 5.10 Å². The molecular formula is C19H19N7O5. The number of nitro benzene ring substituents is 1. The predicted molar refractivity (Wildman–Crippen MR) is 111 cm³/mol. The van der Waals surface area contributed by atoms with Crippen molar-refractivity contribution in [3.63, 3.8) is 0 Å². The van der Waals surface area contributed by atoms with E-state index in [4.69, 9.17) is 13.9 Å². The Kier molecular flexibility index (Phi) is 5.98. The normalized spacial score (nSPS) is 14.0. The van der Waals surface area contributed by atoms with E-state index in [1.54, 1.807) is 30.3 Å². The SMILES string of the molecule is COc1nc(NN=Cc2ccc(-c3ccccc3[N+](=O)[O-])o2)nc(N2CCOCC2)n1. The first-order valence-electron chi connectivity index (χ1n) is 9.39. The summed E-state index contributed by atoms with van der Waals surface area (Å²) in [6, 6.07) is 9.82. The van der Waals surface area contributed by atoms with Gasteiger partial charge in [-0.3, -0.25) is 10.1 Å². The number of para-hydroxylation sites is 1. The second-order valence-corrected chi connectivity index (χ2v) is 6.39. The largest absolute Gasteiger partial charge is 0.467 e. The number of benzene rings is 1. The van der Waals surface area contributed by atoms with Crippen LogP contribution in [0.1, 0.15) is 5.76 Å². The van der Waals surface area contributed by atoms with E-state index in [9.17, 15) is 10.1 Å². The number of ether oxygens (including phenoxy) is 2. The van der Waals surface area contributed by atoms with E-state index in [-0.39, 0.29) is 17.6 Å². The highest BCUT2D eigenvalue weighted by atomic mass is 16.6. The van der Waals surface area contributed by atoms with Crippen LogP contribution in [0, 0.1) is 10.1 Å². The quantitative estimate of drug-likeness (QED) is 0.340. The van der Waals surface area contributed by atoms with E-state index in [1.807, 2.05) is 4.90 Å². The number of aromatic nitrogens is 3. The van der Waals surface area contributed by atoms with Crippen LogP contribution in [-0.4, -0.2) is 59.5 Å². The molecule has 1 N–H and O–H groups in total. The fraction of sp³-hybridized carbons (Fsp3) is 0.263. The first-order valence-corrected chi connectivity index (χ1v) is 9.39. The van der Waals surface area contributed by atoms with Gasteiger partial charge in [-0.05, 0) is 18.2 Å².